The molecule has 1 amide bonds. The number of aliphatic carboxylic acids is 2. The number of benzene rings is 4. The SMILES string of the molecule is CC(=O)O.COc1cc([C@H](Nc2ccc(C(=N)N)cc2)C(=O)N(C)[C@H](C(=O)O)c2ccccc2)ccc1OCc1ccccc1. The quantitative estimate of drug-likeness (QED) is 0.108. The molecule has 0 aliphatic carbocycles. The van der Waals surface area contributed by atoms with Crippen molar-refractivity contribution in [1.29, 1.82) is 5.41 Å². The highest BCUT2D eigenvalue weighted by atomic mass is 16.5. The van der Waals surface area contributed by atoms with Crippen molar-refractivity contribution in [3.8, 4) is 11.5 Å². The number of carbonyl (C=O) groups excluding carboxylic acids is 1. The smallest absolute Gasteiger partial charge is 0.331 e. The van der Waals surface area contributed by atoms with E-state index in [1.807, 2.05) is 30.3 Å². The van der Waals surface area contributed by atoms with Crippen molar-refractivity contribution in [3.05, 3.63) is 125 Å². The number of nitrogens with one attached hydrogen (secondary N) is 2. The maximum absolute atomic E-state index is 14.0. The Hall–Kier alpha value is -5.84. The number of hydrogen-bond acceptors (Lipinski definition) is 7. The fraction of sp³-hybridized carbons (Fsp3) is 0.176. The molecular formula is C34H36N4O7. The maximum Gasteiger partial charge on any atom is 0.331 e. The number of methoxy groups -OCH3 is 1. The van der Waals surface area contributed by atoms with Gasteiger partial charge < -0.3 is 35.6 Å². The Bertz CT molecular complexity index is 1590. The summed E-state index contributed by atoms with van der Waals surface area (Å²) in [5.74, 6) is -1.62. The van der Waals surface area contributed by atoms with Gasteiger partial charge in [-0.2, -0.15) is 0 Å². The Kier molecular flexibility index (Phi) is 12.1. The van der Waals surface area contributed by atoms with Gasteiger partial charge in [0.15, 0.2) is 17.5 Å². The molecule has 0 unspecified atom stereocenters. The third-order valence-electron chi connectivity index (χ3n) is 6.60. The van der Waals surface area contributed by atoms with Crippen molar-refractivity contribution in [2.75, 3.05) is 19.5 Å². The van der Waals surface area contributed by atoms with Crippen molar-refractivity contribution in [2.45, 2.75) is 25.6 Å². The highest BCUT2D eigenvalue weighted by Gasteiger charge is 2.33. The number of nitrogen functional groups attached to an aromatic ring is 1. The van der Waals surface area contributed by atoms with Crippen molar-refractivity contribution >= 4 is 29.4 Å². The number of nitrogens with two attached hydrogens (primary N) is 1. The lowest BCUT2D eigenvalue weighted by atomic mass is 10.0. The number of likely N-dealkylation sites (N-methyl/N-ethyl adjacent to an activating group) is 1. The largest absolute Gasteiger partial charge is 0.493 e. The van der Waals surface area contributed by atoms with Crippen LogP contribution in [0.3, 0.4) is 0 Å². The van der Waals surface area contributed by atoms with Gasteiger partial charge in [-0.3, -0.25) is 15.0 Å². The van der Waals surface area contributed by atoms with E-state index in [9.17, 15) is 14.7 Å². The van der Waals surface area contributed by atoms with Crippen LogP contribution in [0, 0.1) is 5.41 Å². The van der Waals surface area contributed by atoms with Gasteiger partial charge in [0.05, 0.1) is 7.11 Å². The predicted octanol–water partition coefficient (Wildman–Crippen LogP) is 5.09. The second kappa shape index (κ2) is 16.1. The van der Waals surface area contributed by atoms with Crippen LogP contribution in [0.4, 0.5) is 5.69 Å². The van der Waals surface area contributed by atoms with Gasteiger partial charge in [0.25, 0.3) is 5.97 Å². The molecule has 0 fully saturated rings. The molecule has 4 aromatic carbocycles. The second-order valence-corrected chi connectivity index (χ2v) is 9.87. The predicted molar refractivity (Wildman–Crippen MR) is 170 cm³/mol. The summed E-state index contributed by atoms with van der Waals surface area (Å²) in [6, 6.07) is 28.0. The van der Waals surface area contributed by atoms with Gasteiger partial charge in [-0.1, -0.05) is 66.7 Å². The molecule has 0 spiro atoms. The summed E-state index contributed by atoms with van der Waals surface area (Å²) in [4.78, 5) is 36.5. The minimum Gasteiger partial charge on any atom is -0.493 e. The average Bonchev–Trinajstić information content (AvgIpc) is 3.03. The summed E-state index contributed by atoms with van der Waals surface area (Å²) in [5, 5.41) is 28.3. The molecule has 0 saturated heterocycles. The summed E-state index contributed by atoms with van der Waals surface area (Å²) in [7, 11) is 2.98. The Morgan fingerprint density at radius 1 is 0.867 bits per heavy atom. The van der Waals surface area contributed by atoms with E-state index in [1.165, 1.54) is 19.1 Å². The molecule has 0 radical (unpaired) electrons. The van der Waals surface area contributed by atoms with Gasteiger partial charge in [-0.25, -0.2) is 4.79 Å². The van der Waals surface area contributed by atoms with E-state index in [4.69, 9.17) is 30.5 Å². The van der Waals surface area contributed by atoms with E-state index in [0.29, 0.717) is 40.5 Å². The standard InChI is InChI=1S/C32H32N4O5.C2H4O2/c1-36(29(32(38)39)22-11-7-4-8-12-22)31(37)28(35-25-16-13-23(14-17-25)30(33)34)24-15-18-26(27(19-24)40-2)41-20-21-9-5-3-6-10-21;1-2(3)4/h3-19,28-29,35H,20H2,1-2H3,(H3,33,34)(H,38,39);1H3,(H,3,4)/t28-,29-;/m0./s1. The van der Waals surface area contributed by atoms with Gasteiger partial charge in [-0.05, 0) is 53.1 Å². The molecule has 0 aliphatic rings. The highest BCUT2D eigenvalue weighted by Crippen LogP contribution is 2.34. The number of ether oxygens (including phenoxy) is 2. The number of nitrogens with zero attached hydrogens (tertiary/aromatic N) is 1. The Balaban J connectivity index is 0.00000130. The molecule has 11 heteroatoms. The number of carbonyl (C=O) groups is 3. The van der Waals surface area contributed by atoms with Gasteiger partial charge in [-0.15, -0.1) is 0 Å². The van der Waals surface area contributed by atoms with E-state index < -0.39 is 29.9 Å². The molecule has 45 heavy (non-hydrogen) atoms. The topological polar surface area (TPSA) is 175 Å². The molecule has 0 heterocycles. The molecule has 0 aromatic heterocycles. The zero-order chi connectivity index (χ0) is 32.9. The molecule has 2 atom stereocenters. The van der Waals surface area contributed by atoms with Crippen LogP contribution in [0.2, 0.25) is 0 Å². The molecule has 0 aliphatic heterocycles. The van der Waals surface area contributed by atoms with Gasteiger partial charge in [0.2, 0.25) is 5.91 Å². The summed E-state index contributed by atoms with van der Waals surface area (Å²) in [5.41, 5.74) is 8.71. The molecule has 11 nitrogen and oxygen atoms in total. The van der Waals surface area contributed by atoms with Gasteiger partial charge in [0.1, 0.15) is 18.5 Å². The Labute approximate surface area is 261 Å². The van der Waals surface area contributed by atoms with Crippen LogP contribution >= 0.6 is 0 Å². The lowest BCUT2D eigenvalue weighted by molar-refractivity contribution is -0.149. The van der Waals surface area contributed by atoms with E-state index in [-0.39, 0.29) is 5.84 Å². The molecule has 4 aromatic rings. The fourth-order valence-corrected chi connectivity index (χ4v) is 4.42. The van der Waals surface area contributed by atoms with Gasteiger partial charge >= 0.3 is 5.97 Å². The lowest BCUT2D eigenvalue weighted by Gasteiger charge is -2.30. The minimum atomic E-state index is -1.21. The van der Waals surface area contributed by atoms with E-state index in [2.05, 4.69) is 5.32 Å². The van der Waals surface area contributed by atoms with Crippen LogP contribution in [-0.2, 0) is 21.0 Å². The van der Waals surface area contributed by atoms with Crippen LogP contribution in [0.5, 0.6) is 11.5 Å². The van der Waals surface area contributed by atoms with Crippen LogP contribution in [0.1, 0.15) is 41.3 Å². The summed E-state index contributed by atoms with van der Waals surface area (Å²) in [6.07, 6.45) is 0. The lowest BCUT2D eigenvalue weighted by Crippen LogP contribution is -2.40. The van der Waals surface area contributed by atoms with Crippen LogP contribution in [0.15, 0.2) is 103 Å². The number of amides is 1. The first-order valence-corrected chi connectivity index (χ1v) is 13.8. The number of carboxylic acid groups (broad SMARTS) is 2. The van der Waals surface area contributed by atoms with E-state index in [0.717, 1.165) is 12.5 Å². The third-order valence-corrected chi connectivity index (χ3v) is 6.60. The Morgan fingerprint density at radius 2 is 1.44 bits per heavy atom. The minimum absolute atomic E-state index is 0.0769. The van der Waals surface area contributed by atoms with Gasteiger partial charge in [0, 0.05) is 25.2 Å². The van der Waals surface area contributed by atoms with Crippen molar-refractivity contribution in [3.63, 3.8) is 0 Å². The van der Waals surface area contributed by atoms with E-state index in [1.54, 1.807) is 72.8 Å². The molecule has 0 saturated carbocycles. The molecule has 6 N–H and O–H groups in total. The first-order valence-electron chi connectivity index (χ1n) is 13.8. The number of amidine groups is 1. The second-order valence-electron chi connectivity index (χ2n) is 9.87. The van der Waals surface area contributed by atoms with Crippen molar-refractivity contribution in [2.24, 2.45) is 5.73 Å². The average molecular weight is 613 g/mol. The first kappa shape index (κ1) is 33.7. The van der Waals surface area contributed by atoms with Crippen LogP contribution < -0.4 is 20.5 Å². The van der Waals surface area contributed by atoms with Crippen molar-refractivity contribution in [1.82, 2.24) is 4.90 Å². The molecular weight excluding hydrogens is 576 g/mol. The zero-order valence-corrected chi connectivity index (χ0v) is 25.1. The third kappa shape index (κ3) is 9.58. The molecule has 4 rings (SSSR count). The van der Waals surface area contributed by atoms with Crippen LogP contribution in [0.25, 0.3) is 0 Å². The summed E-state index contributed by atoms with van der Waals surface area (Å²) >= 11 is 0. The molecule has 234 valence electrons. The molecule has 0 bridgehead atoms. The van der Waals surface area contributed by atoms with Crippen molar-refractivity contribution < 1.29 is 34.1 Å². The highest BCUT2D eigenvalue weighted by molar-refractivity contribution is 5.95. The number of hydrogen-bond donors (Lipinski definition) is 5. The normalized spacial score (nSPS) is 11.5. The number of rotatable bonds is 12. The van der Waals surface area contributed by atoms with Crippen LogP contribution in [-0.4, -0.2) is 53.0 Å². The maximum atomic E-state index is 14.0. The zero-order valence-electron chi connectivity index (χ0n) is 25.1. The Morgan fingerprint density at radius 3 is 1.98 bits per heavy atom. The fourth-order valence-electron chi connectivity index (χ4n) is 4.42. The van der Waals surface area contributed by atoms with E-state index >= 15 is 0 Å². The monoisotopic (exact) mass is 612 g/mol. The summed E-state index contributed by atoms with van der Waals surface area (Å²) in [6.45, 7) is 1.42. The summed E-state index contributed by atoms with van der Waals surface area (Å²) < 4.78 is 11.6. The number of carboxylic acids is 2. The first-order chi connectivity index (χ1) is 21.5. The number of anilines is 1.